The summed E-state index contributed by atoms with van der Waals surface area (Å²) in [5.74, 6) is 2.38. The monoisotopic (exact) mass is 325 g/mol. The topological polar surface area (TPSA) is 21.7 Å². The van der Waals surface area contributed by atoms with Crippen LogP contribution in [-0.4, -0.2) is 31.7 Å². The molecule has 0 aliphatic heterocycles. The van der Waals surface area contributed by atoms with Crippen molar-refractivity contribution in [2.45, 2.75) is 31.9 Å². The molecule has 24 heavy (non-hydrogen) atoms. The van der Waals surface area contributed by atoms with Crippen LogP contribution in [0.1, 0.15) is 24.8 Å². The predicted octanol–water partition coefficient (Wildman–Crippen LogP) is 4.37. The third kappa shape index (κ3) is 4.75. The maximum atomic E-state index is 6.31. The van der Waals surface area contributed by atoms with E-state index in [-0.39, 0.29) is 6.10 Å². The van der Waals surface area contributed by atoms with Crippen LogP contribution >= 0.6 is 0 Å². The smallest absolute Gasteiger partial charge is 0.161 e. The van der Waals surface area contributed by atoms with Crippen molar-refractivity contribution in [2.24, 2.45) is 5.92 Å². The van der Waals surface area contributed by atoms with E-state index in [4.69, 9.17) is 9.47 Å². The summed E-state index contributed by atoms with van der Waals surface area (Å²) in [6.45, 7) is 2.01. The van der Waals surface area contributed by atoms with E-state index >= 15 is 0 Å². The Hall–Kier alpha value is -2.00. The summed E-state index contributed by atoms with van der Waals surface area (Å²) in [4.78, 5) is 2.37. The van der Waals surface area contributed by atoms with E-state index in [9.17, 15) is 0 Å². The summed E-state index contributed by atoms with van der Waals surface area (Å²) in [6, 6.07) is 18.6. The first-order valence-corrected chi connectivity index (χ1v) is 8.78. The number of hydrogen-bond donors (Lipinski definition) is 0. The van der Waals surface area contributed by atoms with Crippen molar-refractivity contribution >= 4 is 0 Å². The van der Waals surface area contributed by atoms with Gasteiger partial charge in [-0.05, 0) is 49.9 Å². The molecule has 0 saturated heterocycles. The van der Waals surface area contributed by atoms with E-state index < -0.39 is 0 Å². The van der Waals surface area contributed by atoms with E-state index in [1.807, 2.05) is 24.3 Å². The van der Waals surface area contributed by atoms with Crippen LogP contribution in [-0.2, 0) is 6.54 Å². The van der Waals surface area contributed by atoms with Crippen molar-refractivity contribution in [3.63, 3.8) is 0 Å². The molecule has 0 bridgehead atoms. The van der Waals surface area contributed by atoms with Crippen molar-refractivity contribution < 1.29 is 9.47 Å². The predicted molar refractivity (Wildman–Crippen MR) is 97.5 cm³/mol. The van der Waals surface area contributed by atoms with Gasteiger partial charge in [-0.1, -0.05) is 42.5 Å². The minimum atomic E-state index is 0.277. The second kappa shape index (κ2) is 8.20. The minimum Gasteiger partial charge on any atom is -0.493 e. The Balaban J connectivity index is 1.54. The quantitative estimate of drug-likeness (QED) is 0.683. The molecule has 0 amide bonds. The Morgan fingerprint density at radius 2 is 1.67 bits per heavy atom. The van der Waals surface area contributed by atoms with Gasteiger partial charge in [0.25, 0.3) is 0 Å². The Bertz CT molecular complexity index is 625. The van der Waals surface area contributed by atoms with Gasteiger partial charge in [-0.3, -0.25) is 0 Å². The van der Waals surface area contributed by atoms with E-state index in [1.54, 1.807) is 7.11 Å². The molecular formula is C21H27NO2. The van der Waals surface area contributed by atoms with Gasteiger partial charge in [0.2, 0.25) is 0 Å². The van der Waals surface area contributed by atoms with E-state index in [0.717, 1.165) is 31.0 Å². The molecule has 3 rings (SSSR count). The van der Waals surface area contributed by atoms with Crippen molar-refractivity contribution in [3.8, 4) is 11.5 Å². The van der Waals surface area contributed by atoms with E-state index in [2.05, 4.69) is 42.3 Å². The van der Waals surface area contributed by atoms with Crippen LogP contribution in [0.25, 0.3) is 0 Å². The first-order valence-electron chi connectivity index (χ1n) is 8.78. The lowest BCUT2D eigenvalue weighted by molar-refractivity contribution is 0.144. The van der Waals surface area contributed by atoms with Gasteiger partial charge in [0.1, 0.15) is 6.10 Å². The van der Waals surface area contributed by atoms with Crippen LogP contribution in [0.3, 0.4) is 0 Å². The molecule has 128 valence electrons. The first-order chi connectivity index (χ1) is 11.8. The lowest BCUT2D eigenvalue weighted by atomic mass is 10.1. The first kappa shape index (κ1) is 16.8. The van der Waals surface area contributed by atoms with Crippen LogP contribution in [0.15, 0.2) is 54.6 Å². The van der Waals surface area contributed by atoms with Crippen molar-refractivity contribution in [3.05, 3.63) is 60.2 Å². The summed E-state index contributed by atoms with van der Waals surface area (Å²) < 4.78 is 11.7. The molecule has 1 aliphatic rings. The Morgan fingerprint density at radius 1 is 1.00 bits per heavy atom. The van der Waals surface area contributed by atoms with Gasteiger partial charge in [0.15, 0.2) is 11.5 Å². The second-order valence-electron chi connectivity index (χ2n) is 6.66. The van der Waals surface area contributed by atoms with Gasteiger partial charge in [-0.2, -0.15) is 0 Å². The summed E-state index contributed by atoms with van der Waals surface area (Å²) >= 11 is 0. The third-order valence-electron chi connectivity index (χ3n) is 4.59. The lowest BCUT2D eigenvalue weighted by Gasteiger charge is -2.23. The van der Waals surface area contributed by atoms with Crippen molar-refractivity contribution in [1.29, 1.82) is 0 Å². The number of methoxy groups -OCH3 is 1. The molecule has 1 unspecified atom stereocenters. The molecule has 3 nitrogen and oxygen atoms in total. The zero-order chi connectivity index (χ0) is 16.8. The lowest BCUT2D eigenvalue weighted by Crippen LogP contribution is -2.27. The van der Waals surface area contributed by atoms with Crippen LogP contribution in [0, 0.1) is 5.92 Å². The highest BCUT2D eigenvalue weighted by molar-refractivity contribution is 5.39. The normalized spacial score (nSPS) is 15.3. The standard InChI is InChI=1S/C21H27NO2/c1-22(16-17-8-4-3-5-9-17)15-14-19(18-12-13-18)24-21-11-7-6-10-20(21)23-2/h3-11,18-19H,12-16H2,1-2H3. The van der Waals surface area contributed by atoms with Gasteiger partial charge >= 0.3 is 0 Å². The molecular weight excluding hydrogens is 298 g/mol. The fourth-order valence-electron chi connectivity index (χ4n) is 3.06. The number of para-hydroxylation sites is 2. The summed E-state index contributed by atoms with van der Waals surface area (Å²) in [7, 11) is 3.88. The van der Waals surface area contributed by atoms with Gasteiger partial charge in [-0.25, -0.2) is 0 Å². The summed E-state index contributed by atoms with van der Waals surface area (Å²) in [5.41, 5.74) is 1.36. The van der Waals surface area contributed by atoms with Crippen molar-refractivity contribution in [1.82, 2.24) is 4.90 Å². The average molecular weight is 325 g/mol. The number of benzene rings is 2. The SMILES string of the molecule is COc1ccccc1OC(CCN(C)Cc1ccccc1)C1CC1. The number of ether oxygens (including phenoxy) is 2. The maximum Gasteiger partial charge on any atom is 0.161 e. The molecule has 0 spiro atoms. The Kier molecular flexibility index (Phi) is 5.76. The van der Waals surface area contributed by atoms with Crippen LogP contribution < -0.4 is 9.47 Å². The third-order valence-corrected chi connectivity index (χ3v) is 4.59. The highest BCUT2D eigenvalue weighted by atomic mass is 16.5. The zero-order valence-electron chi connectivity index (χ0n) is 14.7. The molecule has 3 heteroatoms. The molecule has 2 aromatic carbocycles. The Morgan fingerprint density at radius 3 is 2.33 bits per heavy atom. The maximum absolute atomic E-state index is 6.31. The fraction of sp³-hybridized carbons (Fsp3) is 0.429. The molecule has 0 aromatic heterocycles. The van der Waals surface area contributed by atoms with Gasteiger partial charge in [0, 0.05) is 13.1 Å². The van der Waals surface area contributed by atoms with E-state index in [0.29, 0.717) is 5.92 Å². The van der Waals surface area contributed by atoms with Gasteiger partial charge < -0.3 is 14.4 Å². The molecule has 0 radical (unpaired) electrons. The zero-order valence-corrected chi connectivity index (χ0v) is 14.7. The average Bonchev–Trinajstić information content (AvgIpc) is 3.45. The molecule has 0 N–H and O–H groups in total. The number of nitrogens with zero attached hydrogens (tertiary/aromatic N) is 1. The summed E-state index contributed by atoms with van der Waals surface area (Å²) in [6.07, 6.45) is 3.88. The number of hydrogen-bond acceptors (Lipinski definition) is 3. The largest absolute Gasteiger partial charge is 0.493 e. The Labute approximate surface area is 145 Å². The van der Waals surface area contributed by atoms with Crippen LogP contribution in [0.2, 0.25) is 0 Å². The molecule has 1 aliphatic carbocycles. The van der Waals surface area contributed by atoms with Gasteiger partial charge in [0.05, 0.1) is 7.11 Å². The summed E-state index contributed by atoms with van der Waals surface area (Å²) in [5, 5.41) is 0. The van der Waals surface area contributed by atoms with Crippen molar-refractivity contribution in [2.75, 3.05) is 20.7 Å². The highest BCUT2D eigenvalue weighted by Crippen LogP contribution is 2.38. The van der Waals surface area contributed by atoms with Crippen LogP contribution in [0.4, 0.5) is 0 Å². The molecule has 0 heterocycles. The van der Waals surface area contributed by atoms with E-state index in [1.165, 1.54) is 18.4 Å². The minimum absolute atomic E-state index is 0.277. The fourth-order valence-corrected chi connectivity index (χ4v) is 3.06. The second-order valence-corrected chi connectivity index (χ2v) is 6.66. The molecule has 1 atom stereocenters. The highest BCUT2D eigenvalue weighted by Gasteiger charge is 2.33. The molecule has 1 saturated carbocycles. The van der Waals surface area contributed by atoms with Gasteiger partial charge in [-0.15, -0.1) is 0 Å². The molecule has 1 fully saturated rings. The number of rotatable bonds is 9. The van der Waals surface area contributed by atoms with Crippen LogP contribution in [0.5, 0.6) is 11.5 Å². The molecule has 2 aromatic rings.